The standard InChI is InChI=1S/C15H22N2O2/c16-14-10-12(7-8-13(14)15(18)19)17-9-3-6-11-4-1-2-5-11/h7-8,10-11,17H,1-6,9,16H2,(H,18,19). The maximum absolute atomic E-state index is 10.8. The van der Waals surface area contributed by atoms with Gasteiger partial charge in [0.15, 0.2) is 0 Å². The van der Waals surface area contributed by atoms with Crippen molar-refractivity contribution in [2.24, 2.45) is 5.92 Å². The van der Waals surface area contributed by atoms with Gasteiger partial charge in [0, 0.05) is 17.9 Å². The molecule has 0 atom stereocenters. The molecule has 104 valence electrons. The van der Waals surface area contributed by atoms with Crippen molar-refractivity contribution in [1.29, 1.82) is 0 Å². The van der Waals surface area contributed by atoms with Gasteiger partial charge in [-0.25, -0.2) is 4.79 Å². The van der Waals surface area contributed by atoms with Crippen molar-refractivity contribution >= 4 is 17.3 Å². The van der Waals surface area contributed by atoms with Gasteiger partial charge in [0.2, 0.25) is 0 Å². The van der Waals surface area contributed by atoms with E-state index in [4.69, 9.17) is 10.8 Å². The van der Waals surface area contributed by atoms with Crippen LogP contribution in [0.15, 0.2) is 18.2 Å². The van der Waals surface area contributed by atoms with Crippen LogP contribution in [0.4, 0.5) is 11.4 Å². The van der Waals surface area contributed by atoms with Crippen molar-refractivity contribution in [2.45, 2.75) is 38.5 Å². The van der Waals surface area contributed by atoms with Crippen molar-refractivity contribution in [2.75, 3.05) is 17.6 Å². The van der Waals surface area contributed by atoms with Crippen molar-refractivity contribution in [3.8, 4) is 0 Å². The Bertz CT molecular complexity index is 440. The summed E-state index contributed by atoms with van der Waals surface area (Å²) in [5, 5.41) is 12.2. The second-order valence-electron chi connectivity index (χ2n) is 5.33. The van der Waals surface area contributed by atoms with Crippen molar-refractivity contribution in [1.82, 2.24) is 0 Å². The average molecular weight is 262 g/mol. The molecule has 4 heteroatoms. The zero-order valence-electron chi connectivity index (χ0n) is 11.2. The first-order chi connectivity index (χ1) is 9.16. The maximum atomic E-state index is 10.8. The minimum Gasteiger partial charge on any atom is -0.478 e. The van der Waals surface area contributed by atoms with Crippen LogP contribution in [0.5, 0.6) is 0 Å². The van der Waals surface area contributed by atoms with Gasteiger partial charge in [-0.1, -0.05) is 25.7 Å². The van der Waals surface area contributed by atoms with E-state index >= 15 is 0 Å². The molecule has 1 aromatic rings. The molecule has 0 radical (unpaired) electrons. The molecule has 0 amide bonds. The molecular formula is C15H22N2O2. The Hall–Kier alpha value is -1.71. The minimum atomic E-state index is -0.981. The normalized spacial score (nSPS) is 15.6. The summed E-state index contributed by atoms with van der Waals surface area (Å²) in [7, 11) is 0. The van der Waals surface area contributed by atoms with Gasteiger partial charge in [0.1, 0.15) is 0 Å². The van der Waals surface area contributed by atoms with E-state index in [0.717, 1.165) is 24.6 Å². The summed E-state index contributed by atoms with van der Waals surface area (Å²) < 4.78 is 0. The lowest BCUT2D eigenvalue weighted by atomic mass is 10.0. The van der Waals surface area contributed by atoms with E-state index in [9.17, 15) is 4.79 Å². The molecule has 19 heavy (non-hydrogen) atoms. The van der Waals surface area contributed by atoms with Gasteiger partial charge in [-0.15, -0.1) is 0 Å². The highest BCUT2D eigenvalue weighted by atomic mass is 16.4. The largest absolute Gasteiger partial charge is 0.478 e. The summed E-state index contributed by atoms with van der Waals surface area (Å²) >= 11 is 0. The number of carbonyl (C=O) groups is 1. The Morgan fingerprint density at radius 1 is 1.37 bits per heavy atom. The molecule has 0 unspecified atom stereocenters. The Morgan fingerprint density at radius 2 is 2.11 bits per heavy atom. The molecule has 1 fully saturated rings. The number of carboxylic acids is 1. The van der Waals surface area contributed by atoms with Gasteiger partial charge in [-0.3, -0.25) is 0 Å². The average Bonchev–Trinajstić information content (AvgIpc) is 2.87. The van der Waals surface area contributed by atoms with Gasteiger partial charge in [0.05, 0.1) is 5.56 Å². The van der Waals surface area contributed by atoms with E-state index in [1.807, 2.05) is 0 Å². The van der Waals surface area contributed by atoms with Gasteiger partial charge < -0.3 is 16.2 Å². The van der Waals surface area contributed by atoms with E-state index in [-0.39, 0.29) is 5.56 Å². The van der Waals surface area contributed by atoms with Crippen LogP contribution in [-0.2, 0) is 0 Å². The summed E-state index contributed by atoms with van der Waals surface area (Å²) in [6, 6.07) is 5.02. The molecule has 1 aromatic carbocycles. The fourth-order valence-corrected chi connectivity index (χ4v) is 2.79. The third-order valence-electron chi connectivity index (χ3n) is 3.87. The molecule has 4 N–H and O–H groups in total. The second kappa shape index (κ2) is 6.45. The number of hydrogen-bond donors (Lipinski definition) is 3. The van der Waals surface area contributed by atoms with E-state index in [1.54, 1.807) is 18.2 Å². The molecule has 0 aliphatic heterocycles. The van der Waals surface area contributed by atoms with Crippen LogP contribution >= 0.6 is 0 Å². The van der Waals surface area contributed by atoms with E-state index in [2.05, 4.69) is 5.32 Å². The Kier molecular flexibility index (Phi) is 4.66. The van der Waals surface area contributed by atoms with E-state index in [0.29, 0.717) is 5.69 Å². The summed E-state index contributed by atoms with van der Waals surface area (Å²) in [6.07, 6.45) is 8.01. The third kappa shape index (κ3) is 3.88. The van der Waals surface area contributed by atoms with Crippen LogP contribution in [0, 0.1) is 5.92 Å². The topological polar surface area (TPSA) is 75.3 Å². The molecule has 0 saturated heterocycles. The fourth-order valence-electron chi connectivity index (χ4n) is 2.79. The minimum absolute atomic E-state index is 0.163. The predicted octanol–water partition coefficient (Wildman–Crippen LogP) is 3.35. The molecule has 2 rings (SSSR count). The van der Waals surface area contributed by atoms with Gasteiger partial charge in [0.25, 0.3) is 0 Å². The number of benzene rings is 1. The first-order valence-corrected chi connectivity index (χ1v) is 7.03. The Labute approximate surface area is 114 Å². The third-order valence-corrected chi connectivity index (χ3v) is 3.87. The molecule has 0 heterocycles. The highest BCUT2D eigenvalue weighted by molar-refractivity contribution is 5.94. The predicted molar refractivity (Wildman–Crippen MR) is 77.5 cm³/mol. The van der Waals surface area contributed by atoms with Crippen LogP contribution < -0.4 is 11.1 Å². The molecule has 4 nitrogen and oxygen atoms in total. The maximum Gasteiger partial charge on any atom is 0.337 e. The molecule has 1 aliphatic rings. The number of carboxylic acid groups (broad SMARTS) is 1. The zero-order valence-corrected chi connectivity index (χ0v) is 11.2. The summed E-state index contributed by atoms with van der Waals surface area (Å²) in [5.41, 5.74) is 7.08. The number of hydrogen-bond acceptors (Lipinski definition) is 3. The Balaban J connectivity index is 1.76. The summed E-state index contributed by atoms with van der Waals surface area (Å²) in [4.78, 5) is 10.8. The SMILES string of the molecule is Nc1cc(NCCCC2CCCC2)ccc1C(=O)O. The number of rotatable bonds is 6. The number of nitrogens with one attached hydrogen (secondary N) is 1. The Morgan fingerprint density at radius 3 is 2.74 bits per heavy atom. The number of aromatic carboxylic acids is 1. The van der Waals surface area contributed by atoms with Crippen LogP contribution in [0.1, 0.15) is 48.9 Å². The smallest absolute Gasteiger partial charge is 0.337 e. The van der Waals surface area contributed by atoms with Gasteiger partial charge in [-0.05, 0) is 37.0 Å². The lowest BCUT2D eigenvalue weighted by Crippen LogP contribution is -2.06. The van der Waals surface area contributed by atoms with Crippen LogP contribution in [0.25, 0.3) is 0 Å². The molecular weight excluding hydrogens is 240 g/mol. The molecule has 0 spiro atoms. The lowest BCUT2D eigenvalue weighted by Gasteiger charge is -2.11. The van der Waals surface area contributed by atoms with Crippen LogP contribution in [0.3, 0.4) is 0 Å². The first-order valence-electron chi connectivity index (χ1n) is 7.03. The monoisotopic (exact) mass is 262 g/mol. The highest BCUT2D eigenvalue weighted by Crippen LogP contribution is 2.28. The van der Waals surface area contributed by atoms with Gasteiger partial charge >= 0.3 is 5.97 Å². The molecule has 1 aliphatic carbocycles. The fraction of sp³-hybridized carbons (Fsp3) is 0.533. The summed E-state index contributed by atoms with van der Waals surface area (Å²) in [5.74, 6) is -0.0634. The summed E-state index contributed by atoms with van der Waals surface area (Å²) in [6.45, 7) is 0.919. The number of nitrogen functional groups attached to an aromatic ring is 1. The molecule has 1 saturated carbocycles. The van der Waals surface area contributed by atoms with E-state index < -0.39 is 5.97 Å². The second-order valence-corrected chi connectivity index (χ2v) is 5.33. The first kappa shape index (κ1) is 13.7. The van der Waals surface area contributed by atoms with Crippen LogP contribution in [-0.4, -0.2) is 17.6 Å². The van der Waals surface area contributed by atoms with Gasteiger partial charge in [-0.2, -0.15) is 0 Å². The lowest BCUT2D eigenvalue weighted by molar-refractivity contribution is 0.0698. The number of nitrogens with two attached hydrogens (primary N) is 1. The van der Waals surface area contributed by atoms with Crippen molar-refractivity contribution in [3.05, 3.63) is 23.8 Å². The van der Waals surface area contributed by atoms with Crippen LogP contribution in [0.2, 0.25) is 0 Å². The number of anilines is 2. The van der Waals surface area contributed by atoms with Crippen molar-refractivity contribution in [3.63, 3.8) is 0 Å². The molecule has 0 bridgehead atoms. The molecule has 0 aromatic heterocycles. The zero-order chi connectivity index (χ0) is 13.7. The van der Waals surface area contributed by atoms with Crippen molar-refractivity contribution < 1.29 is 9.90 Å². The highest BCUT2D eigenvalue weighted by Gasteiger charge is 2.14. The van der Waals surface area contributed by atoms with E-state index in [1.165, 1.54) is 32.1 Å². The quantitative estimate of drug-likeness (QED) is 0.543.